The maximum Gasteiger partial charge on any atom is 0.0160 e. The largest absolute Gasteiger partial charge is 0.305 e. The van der Waals surface area contributed by atoms with Crippen molar-refractivity contribution in [1.82, 2.24) is 9.97 Å². The first-order chi connectivity index (χ1) is 22.1. The normalized spacial score (nSPS) is 12.1. The molecule has 2 nitrogen and oxygen atoms in total. The quantitative estimate of drug-likeness (QED) is 0.167. The van der Waals surface area contributed by atoms with Crippen LogP contribution in [0.4, 0.5) is 0 Å². The Morgan fingerprint density at radius 2 is 1.02 bits per heavy atom. The zero-order chi connectivity index (χ0) is 30.6. The van der Waals surface area contributed by atoms with Crippen LogP contribution in [0.3, 0.4) is 0 Å². The molecular weight excluding hydrogens is 737 g/mol. The van der Waals surface area contributed by atoms with Crippen molar-refractivity contribution < 1.29 is 20.1 Å². The van der Waals surface area contributed by atoms with Crippen molar-refractivity contribution in [2.75, 3.05) is 0 Å². The number of fused-ring (bicyclic) bond motifs is 3. The van der Waals surface area contributed by atoms with E-state index in [4.69, 9.17) is 0 Å². The average molecular weight is 769 g/mol. The van der Waals surface area contributed by atoms with Crippen molar-refractivity contribution in [3.05, 3.63) is 181 Å². The number of pyridine rings is 2. The SMILES string of the molecule is CC1(C)c2ccccc2-c2ccc(-c3ccc(-c4cc[c-]c(-c5ccccn5)c4)cc3)cc21.[Ir].[c-]1ccccc1-c1ccccn1. The number of benzene rings is 5. The van der Waals surface area contributed by atoms with E-state index in [1.54, 1.807) is 6.20 Å². The third kappa shape index (κ3) is 6.26. The molecule has 46 heavy (non-hydrogen) atoms. The van der Waals surface area contributed by atoms with Gasteiger partial charge in [0.2, 0.25) is 0 Å². The van der Waals surface area contributed by atoms with Gasteiger partial charge in [0.1, 0.15) is 0 Å². The van der Waals surface area contributed by atoms with Crippen LogP contribution in [0.25, 0.3) is 55.9 Å². The molecule has 3 heteroatoms. The van der Waals surface area contributed by atoms with Crippen LogP contribution in [-0.4, -0.2) is 9.97 Å². The van der Waals surface area contributed by atoms with Gasteiger partial charge in [-0.3, -0.25) is 0 Å². The van der Waals surface area contributed by atoms with Crippen LogP contribution in [0.15, 0.2) is 158 Å². The zero-order valence-electron chi connectivity index (χ0n) is 25.7. The minimum atomic E-state index is 0. The Morgan fingerprint density at radius 1 is 0.457 bits per heavy atom. The molecule has 5 aromatic carbocycles. The van der Waals surface area contributed by atoms with Gasteiger partial charge in [0.25, 0.3) is 0 Å². The molecule has 1 aliphatic rings. The number of hydrogen-bond acceptors (Lipinski definition) is 2. The summed E-state index contributed by atoms with van der Waals surface area (Å²) >= 11 is 0. The zero-order valence-corrected chi connectivity index (χ0v) is 28.1. The van der Waals surface area contributed by atoms with Crippen LogP contribution >= 0.6 is 0 Å². The molecule has 1 radical (unpaired) electrons. The third-order valence-corrected chi connectivity index (χ3v) is 8.53. The average Bonchev–Trinajstić information content (AvgIpc) is 3.35. The van der Waals surface area contributed by atoms with Gasteiger partial charge in [-0.1, -0.05) is 98.8 Å². The molecule has 0 saturated heterocycles. The van der Waals surface area contributed by atoms with Gasteiger partial charge < -0.3 is 9.97 Å². The van der Waals surface area contributed by atoms with Crippen LogP contribution in [-0.2, 0) is 25.5 Å². The summed E-state index contributed by atoms with van der Waals surface area (Å²) in [6.07, 6.45) is 3.61. The fraction of sp³-hybridized carbons (Fsp3) is 0.0698. The van der Waals surface area contributed by atoms with Gasteiger partial charge in [0.05, 0.1) is 0 Å². The summed E-state index contributed by atoms with van der Waals surface area (Å²) in [6, 6.07) is 56.9. The Bertz CT molecular complexity index is 2020. The monoisotopic (exact) mass is 769 g/mol. The molecule has 0 atom stereocenters. The molecule has 0 N–H and O–H groups in total. The predicted molar refractivity (Wildman–Crippen MR) is 185 cm³/mol. The van der Waals surface area contributed by atoms with Crippen LogP contribution in [0, 0.1) is 12.1 Å². The first-order valence-corrected chi connectivity index (χ1v) is 15.2. The van der Waals surface area contributed by atoms with E-state index >= 15 is 0 Å². The number of nitrogens with zero attached hydrogens (tertiary/aromatic N) is 2. The first kappa shape index (κ1) is 31.0. The summed E-state index contributed by atoms with van der Waals surface area (Å²) in [7, 11) is 0. The molecule has 2 aromatic heterocycles. The topological polar surface area (TPSA) is 25.8 Å². The van der Waals surface area contributed by atoms with Crippen LogP contribution in [0.1, 0.15) is 25.0 Å². The van der Waals surface area contributed by atoms with Crippen LogP contribution in [0.2, 0.25) is 0 Å². The van der Waals surface area contributed by atoms with Gasteiger partial charge in [0, 0.05) is 37.9 Å². The Balaban J connectivity index is 0.000000241. The van der Waals surface area contributed by atoms with Crippen LogP contribution < -0.4 is 0 Å². The summed E-state index contributed by atoms with van der Waals surface area (Å²) in [5.41, 5.74) is 14.4. The molecule has 0 bridgehead atoms. The molecule has 2 heterocycles. The molecule has 1 aliphatic carbocycles. The fourth-order valence-corrected chi connectivity index (χ4v) is 6.13. The summed E-state index contributed by atoms with van der Waals surface area (Å²) in [5, 5.41) is 0. The van der Waals surface area contributed by atoms with Crippen molar-refractivity contribution in [3.63, 3.8) is 0 Å². The van der Waals surface area contributed by atoms with Gasteiger partial charge in [-0.15, -0.1) is 71.3 Å². The van der Waals surface area contributed by atoms with Crippen molar-refractivity contribution in [1.29, 1.82) is 0 Å². The third-order valence-electron chi connectivity index (χ3n) is 8.53. The van der Waals surface area contributed by atoms with Crippen molar-refractivity contribution in [2.24, 2.45) is 0 Å². The number of aromatic nitrogens is 2. The Morgan fingerprint density at radius 3 is 1.67 bits per heavy atom. The molecular formula is C43H32IrN2-2. The molecule has 8 rings (SSSR count). The van der Waals surface area contributed by atoms with Crippen molar-refractivity contribution in [3.8, 4) is 55.9 Å². The molecule has 0 unspecified atom stereocenters. The van der Waals surface area contributed by atoms with Crippen LogP contribution in [0.5, 0.6) is 0 Å². The first-order valence-electron chi connectivity index (χ1n) is 15.2. The predicted octanol–water partition coefficient (Wildman–Crippen LogP) is 10.7. The molecule has 0 amide bonds. The minimum absolute atomic E-state index is 0. The summed E-state index contributed by atoms with van der Waals surface area (Å²) in [4.78, 5) is 8.68. The summed E-state index contributed by atoms with van der Waals surface area (Å²) in [5.74, 6) is 0. The molecule has 0 saturated carbocycles. The summed E-state index contributed by atoms with van der Waals surface area (Å²) in [6.45, 7) is 4.66. The molecule has 225 valence electrons. The van der Waals surface area contributed by atoms with E-state index in [2.05, 4.69) is 115 Å². The maximum absolute atomic E-state index is 4.46. The smallest absolute Gasteiger partial charge is 0.0160 e. The van der Waals surface area contributed by atoms with E-state index < -0.39 is 0 Å². The molecule has 0 aliphatic heterocycles. The Kier molecular flexibility index (Phi) is 9.17. The van der Waals surface area contributed by atoms with E-state index in [0.29, 0.717) is 0 Å². The van der Waals surface area contributed by atoms with Crippen molar-refractivity contribution in [2.45, 2.75) is 19.3 Å². The Labute approximate surface area is 285 Å². The Hall–Kier alpha value is -4.95. The molecule has 0 spiro atoms. The maximum atomic E-state index is 4.46. The second-order valence-corrected chi connectivity index (χ2v) is 11.7. The van der Waals surface area contributed by atoms with E-state index in [9.17, 15) is 0 Å². The van der Waals surface area contributed by atoms with Gasteiger partial charge in [-0.25, -0.2) is 0 Å². The fourth-order valence-electron chi connectivity index (χ4n) is 6.13. The minimum Gasteiger partial charge on any atom is -0.305 e. The standard InChI is InChI=1S/C32H24N.C11H8N.Ir/c1-32(2)29-11-4-3-10-27(29)28-18-17-25(21-30(28)32)23-15-13-22(14-16-23)24-8-7-9-26(20-24)31-12-5-6-19-33-31;1-2-6-10(7-3-1)11-8-4-5-9-12-11;/h3-8,10-21H,1-2H3;1-6,8-9H;/q2*-1;. The second kappa shape index (κ2) is 13.6. The number of hydrogen-bond donors (Lipinski definition) is 0. The molecule has 0 fully saturated rings. The van der Waals surface area contributed by atoms with Gasteiger partial charge in [-0.05, 0) is 68.5 Å². The van der Waals surface area contributed by atoms with Crippen molar-refractivity contribution >= 4 is 0 Å². The number of rotatable bonds is 4. The second-order valence-electron chi connectivity index (χ2n) is 11.7. The van der Waals surface area contributed by atoms with Gasteiger partial charge in [0.15, 0.2) is 0 Å². The molecule has 7 aromatic rings. The van der Waals surface area contributed by atoms with E-state index in [1.165, 1.54) is 44.5 Å². The van der Waals surface area contributed by atoms with E-state index in [1.807, 2.05) is 72.9 Å². The van der Waals surface area contributed by atoms with Gasteiger partial charge in [-0.2, -0.15) is 0 Å². The van der Waals surface area contributed by atoms with E-state index in [0.717, 1.165) is 22.5 Å². The summed E-state index contributed by atoms with van der Waals surface area (Å²) < 4.78 is 0. The van der Waals surface area contributed by atoms with Gasteiger partial charge >= 0.3 is 0 Å². The van der Waals surface area contributed by atoms with E-state index in [-0.39, 0.29) is 25.5 Å².